The second-order valence-corrected chi connectivity index (χ2v) is 4.98. The Morgan fingerprint density at radius 3 is 2.71 bits per heavy atom. The zero-order valence-corrected chi connectivity index (χ0v) is 10.5. The SMILES string of the molecule is OCCCCCN1CCC(c2ccccc2)C1. The third kappa shape index (κ3) is 3.83. The number of hydrogen-bond donors (Lipinski definition) is 1. The summed E-state index contributed by atoms with van der Waals surface area (Å²) in [6.07, 6.45) is 4.63. The number of rotatable bonds is 6. The first-order valence-electron chi connectivity index (χ1n) is 6.78. The molecule has 2 nitrogen and oxygen atoms in total. The van der Waals surface area contributed by atoms with Gasteiger partial charge in [-0.1, -0.05) is 30.3 Å². The summed E-state index contributed by atoms with van der Waals surface area (Å²) in [5, 5.41) is 8.74. The van der Waals surface area contributed by atoms with Crippen LogP contribution in [-0.2, 0) is 0 Å². The van der Waals surface area contributed by atoms with Gasteiger partial charge >= 0.3 is 0 Å². The lowest BCUT2D eigenvalue weighted by Crippen LogP contribution is -2.21. The number of aliphatic hydroxyl groups excluding tert-OH is 1. The molecule has 1 atom stereocenters. The average molecular weight is 233 g/mol. The normalized spacial score (nSPS) is 20.9. The average Bonchev–Trinajstić information content (AvgIpc) is 2.85. The van der Waals surface area contributed by atoms with Crippen molar-refractivity contribution in [3.63, 3.8) is 0 Å². The van der Waals surface area contributed by atoms with Gasteiger partial charge in [0.05, 0.1) is 0 Å². The van der Waals surface area contributed by atoms with Gasteiger partial charge < -0.3 is 10.0 Å². The van der Waals surface area contributed by atoms with E-state index in [9.17, 15) is 0 Å². The lowest BCUT2D eigenvalue weighted by Gasteiger charge is -2.15. The van der Waals surface area contributed by atoms with E-state index in [4.69, 9.17) is 5.11 Å². The standard InChI is InChI=1S/C15H23NO/c17-12-6-2-5-10-16-11-9-15(13-16)14-7-3-1-4-8-14/h1,3-4,7-8,15,17H,2,5-6,9-13H2. The molecule has 17 heavy (non-hydrogen) atoms. The van der Waals surface area contributed by atoms with Crippen molar-refractivity contribution in [3.8, 4) is 0 Å². The highest BCUT2D eigenvalue weighted by Crippen LogP contribution is 2.26. The quantitative estimate of drug-likeness (QED) is 0.764. The molecule has 0 bridgehead atoms. The molecule has 0 amide bonds. The minimum atomic E-state index is 0.340. The molecule has 1 aromatic rings. The van der Waals surface area contributed by atoms with Crippen molar-refractivity contribution in [1.82, 2.24) is 4.90 Å². The van der Waals surface area contributed by atoms with Crippen molar-refractivity contribution < 1.29 is 5.11 Å². The summed E-state index contributed by atoms with van der Waals surface area (Å²) in [6, 6.07) is 10.9. The van der Waals surface area contributed by atoms with Gasteiger partial charge in [0.25, 0.3) is 0 Å². The Bertz CT molecular complexity index is 312. The van der Waals surface area contributed by atoms with Crippen molar-refractivity contribution in [3.05, 3.63) is 35.9 Å². The highest BCUT2D eigenvalue weighted by molar-refractivity contribution is 5.20. The number of likely N-dealkylation sites (tertiary alicyclic amines) is 1. The minimum absolute atomic E-state index is 0.340. The van der Waals surface area contributed by atoms with Gasteiger partial charge in [-0.25, -0.2) is 0 Å². The molecule has 1 unspecified atom stereocenters. The first-order chi connectivity index (χ1) is 8.40. The maximum absolute atomic E-state index is 8.74. The first-order valence-corrected chi connectivity index (χ1v) is 6.78. The molecule has 1 aliphatic heterocycles. The van der Waals surface area contributed by atoms with Crippen LogP contribution >= 0.6 is 0 Å². The summed E-state index contributed by atoms with van der Waals surface area (Å²) in [5.41, 5.74) is 1.49. The van der Waals surface area contributed by atoms with E-state index in [0.29, 0.717) is 6.61 Å². The number of aliphatic hydroxyl groups is 1. The van der Waals surface area contributed by atoms with E-state index < -0.39 is 0 Å². The molecule has 1 aliphatic rings. The van der Waals surface area contributed by atoms with Gasteiger partial charge in [0, 0.05) is 13.2 Å². The zero-order chi connectivity index (χ0) is 11.9. The van der Waals surface area contributed by atoms with E-state index in [-0.39, 0.29) is 0 Å². The summed E-state index contributed by atoms with van der Waals surface area (Å²) in [4.78, 5) is 2.56. The van der Waals surface area contributed by atoms with Gasteiger partial charge in [0.2, 0.25) is 0 Å². The third-order valence-corrected chi connectivity index (χ3v) is 3.68. The van der Waals surface area contributed by atoms with Crippen LogP contribution in [0, 0.1) is 0 Å². The zero-order valence-electron chi connectivity index (χ0n) is 10.5. The molecule has 0 aliphatic carbocycles. The van der Waals surface area contributed by atoms with E-state index in [0.717, 1.165) is 18.8 Å². The fourth-order valence-corrected chi connectivity index (χ4v) is 2.66. The molecular weight excluding hydrogens is 210 g/mol. The second kappa shape index (κ2) is 6.77. The molecule has 0 saturated carbocycles. The van der Waals surface area contributed by atoms with Crippen LogP contribution in [0.1, 0.15) is 37.2 Å². The Morgan fingerprint density at radius 1 is 1.12 bits per heavy atom. The van der Waals surface area contributed by atoms with Crippen molar-refractivity contribution in [2.24, 2.45) is 0 Å². The van der Waals surface area contributed by atoms with Gasteiger partial charge in [0.1, 0.15) is 0 Å². The fourth-order valence-electron chi connectivity index (χ4n) is 2.66. The van der Waals surface area contributed by atoms with Crippen molar-refractivity contribution in [2.45, 2.75) is 31.6 Å². The van der Waals surface area contributed by atoms with Crippen molar-refractivity contribution in [1.29, 1.82) is 0 Å². The van der Waals surface area contributed by atoms with Crippen LogP contribution in [0.25, 0.3) is 0 Å². The summed E-state index contributed by atoms with van der Waals surface area (Å²) in [6.45, 7) is 3.98. The topological polar surface area (TPSA) is 23.5 Å². The van der Waals surface area contributed by atoms with Gasteiger partial charge in [0.15, 0.2) is 0 Å². The molecule has 2 rings (SSSR count). The third-order valence-electron chi connectivity index (χ3n) is 3.68. The lowest BCUT2D eigenvalue weighted by atomic mass is 9.99. The highest BCUT2D eigenvalue weighted by Gasteiger charge is 2.22. The lowest BCUT2D eigenvalue weighted by molar-refractivity contribution is 0.272. The van der Waals surface area contributed by atoms with Crippen LogP contribution in [0.15, 0.2) is 30.3 Å². The van der Waals surface area contributed by atoms with Gasteiger partial charge in [-0.3, -0.25) is 0 Å². The summed E-state index contributed by atoms with van der Waals surface area (Å²) in [5.74, 6) is 0.731. The predicted molar refractivity (Wildman–Crippen MR) is 71.2 cm³/mol. The van der Waals surface area contributed by atoms with Crippen LogP contribution < -0.4 is 0 Å². The van der Waals surface area contributed by atoms with Crippen LogP contribution in [0.3, 0.4) is 0 Å². The Morgan fingerprint density at radius 2 is 1.94 bits per heavy atom. The molecule has 1 aromatic carbocycles. The fraction of sp³-hybridized carbons (Fsp3) is 0.600. The molecule has 0 aromatic heterocycles. The van der Waals surface area contributed by atoms with Crippen LogP contribution in [-0.4, -0.2) is 36.2 Å². The largest absolute Gasteiger partial charge is 0.396 e. The van der Waals surface area contributed by atoms with Crippen LogP contribution in [0.2, 0.25) is 0 Å². The number of nitrogens with zero attached hydrogens (tertiary/aromatic N) is 1. The van der Waals surface area contributed by atoms with Crippen LogP contribution in [0.5, 0.6) is 0 Å². The molecule has 0 radical (unpaired) electrons. The predicted octanol–water partition coefficient (Wildman–Crippen LogP) is 2.64. The van der Waals surface area contributed by atoms with Gasteiger partial charge in [-0.2, -0.15) is 0 Å². The monoisotopic (exact) mass is 233 g/mol. The van der Waals surface area contributed by atoms with Gasteiger partial charge in [-0.05, 0) is 50.3 Å². The van der Waals surface area contributed by atoms with E-state index in [1.165, 1.54) is 38.0 Å². The van der Waals surface area contributed by atoms with E-state index in [1.807, 2.05) is 0 Å². The van der Waals surface area contributed by atoms with Crippen LogP contribution in [0.4, 0.5) is 0 Å². The number of hydrogen-bond acceptors (Lipinski definition) is 2. The molecule has 1 N–H and O–H groups in total. The van der Waals surface area contributed by atoms with Crippen molar-refractivity contribution in [2.75, 3.05) is 26.2 Å². The Labute approximate surface area is 104 Å². The maximum atomic E-state index is 8.74. The van der Waals surface area contributed by atoms with E-state index >= 15 is 0 Å². The highest BCUT2D eigenvalue weighted by atomic mass is 16.2. The van der Waals surface area contributed by atoms with E-state index in [2.05, 4.69) is 35.2 Å². The smallest absolute Gasteiger partial charge is 0.0431 e. The van der Waals surface area contributed by atoms with Crippen molar-refractivity contribution >= 4 is 0 Å². The molecule has 1 fully saturated rings. The first kappa shape index (κ1) is 12.6. The maximum Gasteiger partial charge on any atom is 0.0431 e. The van der Waals surface area contributed by atoms with Gasteiger partial charge in [-0.15, -0.1) is 0 Å². The summed E-state index contributed by atoms with van der Waals surface area (Å²) in [7, 11) is 0. The molecule has 1 saturated heterocycles. The molecule has 2 heteroatoms. The summed E-state index contributed by atoms with van der Waals surface area (Å²) >= 11 is 0. The minimum Gasteiger partial charge on any atom is -0.396 e. The number of unbranched alkanes of at least 4 members (excludes halogenated alkanes) is 2. The summed E-state index contributed by atoms with van der Waals surface area (Å²) < 4.78 is 0. The Hall–Kier alpha value is -0.860. The molecule has 0 spiro atoms. The Balaban J connectivity index is 1.72. The number of benzene rings is 1. The Kier molecular flexibility index (Phi) is 5.02. The second-order valence-electron chi connectivity index (χ2n) is 4.98. The molecular formula is C15H23NO. The molecule has 94 valence electrons. The van der Waals surface area contributed by atoms with E-state index in [1.54, 1.807) is 0 Å². The molecule has 1 heterocycles.